The maximum absolute atomic E-state index is 13.3. The van der Waals surface area contributed by atoms with Gasteiger partial charge < -0.3 is 15.7 Å². The Morgan fingerprint density at radius 1 is 1.21 bits per heavy atom. The van der Waals surface area contributed by atoms with E-state index in [0.29, 0.717) is 13.1 Å². The summed E-state index contributed by atoms with van der Waals surface area (Å²) < 4.78 is 15.1. The Morgan fingerprint density at radius 3 is 2.69 bits per heavy atom. The number of aryl methyl sites for hydroxylation is 1. The van der Waals surface area contributed by atoms with Crippen LogP contribution in [-0.2, 0) is 6.54 Å². The maximum Gasteiger partial charge on any atom is 0.123 e. The van der Waals surface area contributed by atoms with Crippen LogP contribution in [0.25, 0.3) is 16.9 Å². The summed E-state index contributed by atoms with van der Waals surface area (Å²) in [6, 6.07) is 14.6. The van der Waals surface area contributed by atoms with Crippen molar-refractivity contribution in [1.82, 2.24) is 20.4 Å². The zero-order valence-electron chi connectivity index (χ0n) is 16.3. The Morgan fingerprint density at radius 2 is 2.00 bits per heavy atom. The van der Waals surface area contributed by atoms with Crippen LogP contribution >= 0.6 is 12.4 Å². The van der Waals surface area contributed by atoms with E-state index in [4.69, 9.17) is 5.10 Å². The predicted octanol–water partition coefficient (Wildman–Crippen LogP) is 3.08. The van der Waals surface area contributed by atoms with Gasteiger partial charge in [-0.15, -0.1) is 12.4 Å². The van der Waals surface area contributed by atoms with E-state index in [-0.39, 0.29) is 30.2 Å². The van der Waals surface area contributed by atoms with E-state index in [1.807, 2.05) is 12.3 Å². The number of rotatable bonds is 6. The van der Waals surface area contributed by atoms with E-state index in [0.717, 1.165) is 35.6 Å². The molecule has 0 amide bonds. The highest BCUT2D eigenvalue weighted by atomic mass is 35.5. The fraction of sp³-hybridized carbons (Fsp3) is 0.318. The fourth-order valence-electron chi connectivity index (χ4n) is 3.62. The normalized spacial score (nSPS) is 18.6. The van der Waals surface area contributed by atoms with Crippen LogP contribution in [-0.4, -0.2) is 40.6 Å². The lowest BCUT2D eigenvalue weighted by atomic mass is 10.0. The molecule has 2 atom stereocenters. The van der Waals surface area contributed by atoms with Crippen LogP contribution in [0.2, 0.25) is 0 Å². The molecule has 0 saturated carbocycles. The SMILES string of the molecule is Cc1cccc(-c2nn(-c3ccc(F)cc3)cc2CNCC2CNCC2O)c1.Cl. The second kappa shape index (κ2) is 9.50. The van der Waals surface area contributed by atoms with Gasteiger partial charge in [-0.2, -0.15) is 5.10 Å². The number of hydrogen-bond donors (Lipinski definition) is 3. The van der Waals surface area contributed by atoms with Crippen LogP contribution in [0.5, 0.6) is 0 Å². The molecule has 3 N–H and O–H groups in total. The lowest BCUT2D eigenvalue weighted by Gasteiger charge is -2.14. The van der Waals surface area contributed by atoms with Gasteiger partial charge >= 0.3 is 0 Å². The molecule has 7 heteroatoms. The van der Waals surface area contributed by atoms with Gasteiger partial charge in [0.2, 0.25) is 0 Å². The molecule has 1 saturated heterocycles. The Kier molecular flexibility index (Phi) is 7.03. The molecule has 0 spiro atoms. The van der Waals surface area contributed by atoms with Crippen molar-refractivity contribution in [2.45, 2.75) is 19.6 Å². The Labute approximate surface area is 176 Å². The Bertz CT molecular complexity index is 944. The quantitative estimate of drug-likeness (QED) is 0.578. The van der Waals surface area contributed by atoms with E-state index < -0.39 is 0 Å². The Balaban J connectivity index is 0.00000240. The van der Waals surface area contributed by atoms with Gasteiger partial charge in [0, 0.05) is 49.4 Å². The summed E-state index contributed by atoms with van der Waals surface area (Å²) in [5.41, 5.74) is 5.02. The van der Waals surface area contributed by atoms with Gasteiger partial charge in [0.25, 0.3) is 0 Å². The summed E-state index contributed by atoms with van der Waals surface area (Å²) in [6.45, 7) is 4.93. The van der Waals surface area contributed by atoms with Crippen LogP contribution in [0.3, 0.4) is 0 Å². The molecule has 3 aromatic rings. The van der Waals surface area contributed by atoms with Crippen LogP contribution in [0.15, 0.2) is 54.7 Å². The maximum atomic E-state index is 13.3. The lowest BCUT2D eigenvalue weighted by molar-refractivity contribution is 0.146. The average molecular weight is 417 g/mol. The molecule has 29 heavy (non-hydrogen) atoms. The van der Waals surface area contributed by atoms with Gasteiger partial charge in [-0.1, -0.05) is 23.8 Å². The van der Waals surface area contributed by atoms with E-state index in [9.17, 15) is 9.50 Å². The first-order valence-corrected chi connectivity index (χ1v) is 9.61. The van der Waals surface area contributed by atoms with Crippen LogP contribution < -0.4 is 10.6 Å². The number of benzene rings is 2. The molecule has 5 nitrogen and oxygen atoms in total. The molecule has 1 aromatic heterocycles. The first-order chi connectivity index (χ1) is 13.6. The number of nitrogens with zero attached hydrogens (tertiary/aromatic N) is 2. The van der Waals surface area contributed by atoms with Crippen LogP contribution in [0, 0.1) is 18.7 Å². The highest BCUT2D eigenvalue weighted by Gasteiger charge is 2.24. The molecule has 0 radical (unpaired) electrons. The second-order valence-electron chi connectivity index (χ2n) is 7.41. The van der Waals surface area contributed by atoms with Crippen molar-refractivity contribution in [3.63, 3.8) is 0 Å². The van der Waals surface area contributed by atoms with Gasteiger partial charge in [0.05, 0.1) is 17.5 Å². The van der Waals surface area contributed by atoms with Crippen molar-refractivity contribution in [2.75, 3.05) is 19.6 Å². The number of halogens is 2. The van der Waals surface area contributed by atoms with E-state index in [2.05, 4.69) is 35.8 Å². The molecule has 2 unspecified atom stereocenters. The third kappa shape index (κ3) is 5.03. The Hall–Kier alpha value is -2.25. The van der Waals surface area contributed by atoms with Crippen molar-refractivity contribution < 1.29 is 9.50 Å². The third-order valence-electron chi connectivity index (χ3n) is 5.20. The molecule has 1 aliphatic rings. The van der Waals surface area contributed by atoms with Crippen LogP contribution in [0.1, 0.15) is 11.1 Å². The number of nitrogens with one attached hydrogen (secondary N) is 2. The predicted molar refractivity (Wildman–Crippen MR) is 115 cm³/mol. The van der Waals surface area contributed by atoms with Gasteiger partial charge in [-0.05, 0) is 37.3 Å². The molecule has 2 heterocycles. The molecule has 4 rings (SSSR count). The summed E-state index contributed by atoms with van der Waals surface area (Å²) in [4.78, 5) is 0. The van der Waals surface area contributed by atoms with Gasteiger partial charge in [-0.3, -0.25) is 0 Å². The average Bonchev–Trinajstić information content (AvgIpc) is 3.29. The van der Waals surface area contributed by atoms with Gasteiger partial charge in [0.15, 0.2) is 0 Å². The van der Waals surface area contributed by atoms with E-state index in [1.54, 1.807) is 16.8 Å². The zero-order chi connectivity index (χ0) is 19.5. The minimum Gasteiger partial charge on any atom is -0.391 e. The molecule has 0 aliphatic carbocycles. The van der Waals surface area contributed by atoms with Crippen molar-refractivity contribution in [3.8, 4) is 16.9 Å². The first kappa shape index (κ1) is 21.5. The molecule has 2 aromatic carbocycles. The van der Waals surface area contributed by atoms with Crippen molar-refractivity contribution in [1.29, 1.82) is 0 Å². The molecule has 0 bridgehead atoms. The number of aliphatic hydroxyl groups excluding tert-OH is 1. The highest BCUT2D eigenvalue weighted by molar-refractivity contribution is 5.85. The summed E-state index contributed by atoms with van der Waals surface area (Å²) in [6.07, 6.45) is 1.69. The zero-order valence-corrected chi connectivity index (χ0v) is 17.1. The summed E-state index contributed by atoms with van der Waals surface area (Å²) in [5, 5.41) is 21.4. The van der Waals surface area contributed by atoms with Gasteiger partial charge in [-0.25, -0.2) is 9.07 Å². The topological polar surface area (TPSA) is 62.1 Å². The van der Waals surface area contributed by atoms with Crippen molar-refractivity contribution >= 4 is 12.4 Å². The lowest BCUT2D eigenvalue weighted by Crippen LogP contribution is -2.30. The van der Waals surface area contributed by atoms with E-state index in [1.165, 1.54) is 17.7 Å². The van der Waals surface area contributed by atoms with Crippen molar-refractivity contribution in [3.05, 3.63) is 71.7 Å². The summed E-state index contributed by atoms with van der Waals surface area (Å²) in [7, 11) is 0. The van der Waals surface area contributed by atoms with Crippen LogP contribution in [0.4, 0.5) is 4.39 Å². The van der Waals surface area contributed by atoms with Gasteiger partial charge in [0.1, 0.15) is 5.82 Å². The smallest absolute Gasteiger partial charge is 0.123 e. The number of aliphatic hydroxyl groups is 1. The molecular weight excluding hydrogens is 391 g/mol. The monoisotopic (exact) mass is 416 g/mol. The number of aromatic nitrogens is 2. The molecule has 154 valence electrons. The number of β-amino-alcohol motifs (C(OH)–C–C–N with tert-alkyl or cyclic N) is 1. The summed E-state index contributed by atoms with van der Waals surface area (Å²) >= 11 is 0. The molecular formula is C22H26ClFN4O. The summed E-state index contributed by atoms with van der Waals surface area (Å²) in [5.74, 6) is -0.0463. The van der Waals surface area contributed by atoms with E-state index >= 15 is 0 Å². The largest absolute Gasteiger partial charge is 0.391 e. The number of hydrogen-bond acceptors (Lipinski definition) is 4. The highest BCUT2D eigenvalue weighted by Crippen LogP contribution is 2.25. The second-order valence-corrected chi connectivity index (χ2v) is 7.41. The minimum absolute atomic E-state index is 0. The minimum atomic E-state index is -0.300. The molecule has 1 fully saturated rings. The third-order valence-corrected chi connectivity index (χ3v) is 5.20. The fourth-order valence-corrected chi connectivity index (χ4v) is 3.62. The molecule has 1 aliphatic heterocycles. The standard InChI is InChI=1S/C22H25FN4O.ClH/c1-15-3-2-4-16(9-15)22-18(12-24-10-17-11-25-13-21(17)28)14-27(26-22)20-7-5-19(23)6-8-20;/h2-9,14,17,21,24-25,28H,10-13H2,1H3;1H. The first-order valence-electron chi connectivity index (χ1n) is 9.61. The van der Waals surface area contributed by atoms with Crippen molar-refractivity contribution in [2.24, 2.45) is 5.92 Å².